The van der Waals surface area contributed by atoms with E-state index < -0.39 is 11.9 Å². The maximum absolute atomic E-state index is 13.3. The van der Waals surface area contributed by atoms with E-state index in [4.69, 9.17) is 25.8 Å². The fraction of sp³-hybridized carbons (Fsp3) is 0.192. The topological polar surface area (TPSA) is 113 Å². The van der Waals surface area contributed by atoms with Gasteiger partial charge in [0.25, 0.3) is 11.1 Å². The fourth-order valence-corrected chi connectivity index (χ4v) is 4.04. The molecule has 0 aliphatic rings. The van der Waals surface area contributed by atoms with Crippen LogP contribution in [-0.4, -0.2) is 40.3 Å². The number of ether oxygens (including phenoxy) is 3. The third-order valence-corrected chi connectivity index (χ3v) is 6.00. The number of para-hydroxylation sites is 1. The molecule has 2 aromatic carbocycles. The van der Waals surface area contributed by atoms with Crippen LogP contribution in [0.1, 0.15) is 40.3 Å². The minimum Gasteiger partial charge on any atom is -0.496 e. The second-order valence-corrected chi connectivity index (χ2v) is 9.39. The van der Waals surface area contributed by atoms with Gasteiger partial charge in [0.15, 0.2) is 0 Å². The highest BCUT2D eigenvalue weighted by Crippen LogP contribution is 2.33. The maximum atomic E-state index is 13.3. The summed E-state index contributed by atoms with van der Waals surface area (Å²) in [4.78, 5) is 29.9. The zero-order chi connectivity index (χ0) is 26.4. The van der Waals surface area contributed by atoms with Crippen LogP contribution in [0.4, 0.5) is 5.13 Å². The van der Waals surface area contributed by atoms with Crippen molar-refractivity contribution in [3.05, 3.63) is 82.6 Å². The summed E-state index contributed by atoms with van der Waals surface area (Å²) >= 11 is 6.99. The highest BCUT2D eigenvalue weighted by atomic mass is 35.5. The van der Waals surface area contributed by atoms with Crippen molar-refractivity contribution >= 4 is 39.9 Å². The smallest absolute Gasteiger partial charge is 0.357 e. The number of nitrogens with zero attached hydrogens (tertiary/aromatic N) is 3. The molecule has 0 bridgehead atoms. The van der Waals surface area contributed by atoms with Crippen molar-refractivity contribution in [2.24, 2.45) is 0 Å². The first-order valence-electron chi connectivity index (χ1n) is 11.2. The second-order valence-electron chi connectivity index (χ2n) is 8.01. The van der Waals surface area contributed by atoms with Crippen LogP contribution < -0.4 is 14.8 Å². The normalized spacial score (nSPS) is 10.7. The molecule has 1 N–H and O–H groups in total. The highest BCUT2D eigenvalue weighted by Gasteiger charge is 2.22. The Labute approximate surface area is 222 Å². The Morgan fingerprint density at radius 2 is 1.81 bits per heavy atom. The van der Waals surface area contributed by atoms with Crippen molar-refractivity contribution in [1.82, 2.24) is 15.2 Å². The third kappa shape index (κ3) is 6.60. The summed E-state index contributed by atoms with van der Waals surface area (Å²) < 4.78 is 16.4. The molecule has 0 saturated heterocycles. The highest BCUT2D eigenvalue weighted by molar-refractivity contribution is 7.17. The molecule has 4 rings (SSSR count). The first-order chi connectivity index (χ1) is 17.8. The van der Waals surface area contributed by atoms with E-state index >= 15 is 0 Å². The summed E-state index contributed by atoms with van der Waals surface area (Å²) in [6.07, 6.45) is 1.01. The van der Waals surface area contributed by atoms with Gasteiger partial charge in [0, 0.05) is 22.3 Å². The van der Waals surface area contributed by atoms with E-state index in [9.17, 15) is 9.59 Å². The Bertz CT molecular complexity index is 1410. The largest absolute Gasteiger partial charge is 0.496 e. The van der Waals surface area contributed by atoms with E-state index in [1.165, 1.54) is 19.4 Å². The van der Waals surface area contributed by atoms with Gasteiger partial charge in [0.1, 0.15) is 18.1 Å². The number of pyridine rings is 1. The molecular weight excluding hydrogens is 516 g/mol. The van der Waals surface area contributed by atoms with Crippen molar-refractivity contribution in [3.8, 4) is 22.1 Å². The summed E-state index contributed by atoms with van der Waals surface area (Å²) in [6.45, 7) is 3.77. The monoisotopic (exact) mass is 538 g/mol. The lowest BCUT2D eigenvalue weighted by atomic mass is 9.99. The van der Waals surface area contributed by atoms with E-state index in [0.717, 1.165) is 16.9 Å². The molecule has 0 fully saturated rings. The first-order valence-corrected chi connectivity index (χ1v) is 12.4. The Morgan fingerprint density at radius 3 is 2.54 bits per heavy atom. The van der Waals surface area contributed by atoms with Crippen molar-refractivity contribution in [1.29, 1.82) is 0 Å². The van der Waals surface area contributed by atoms with Crippen LogP contribution in [0.5, 0.6) is 10.9 Å². The first kappa shape index (κ1) is 26.1. The van der Waals surface area contributed by atoms with E-state index in [-0.39, 0.29) is 29.1 Å². The standard InChI is InChI=1S/C26H23ClN4O5S/c1-15(2)36-24(33)21-12-19(18-6-4-5-7-22(18)34-3)20(13-28-21)23(32)29-25-30-31-26(37-25)35-14-16-8-10-17(27)11-9-16/h4-13,15H,14H2,1-3H3,(H,29,30,32). The van der Waals surface area contributed by atoms with Gasteiger partial charge in [-0.1, -0.05) is 47.0 Å². The average molecular weight is 539 g/mol. The van der Waals surface area contributed by atoms with Crippen LogP contribution in [0.3, 0.4) is 0 Å². The zero-order valence-corrected chi connectivity index (χ0v) is 21.8. The number of amides is 1. The molecule has 0 aliphatic heterocycles. The number of esters is 1. The van der Waals surface area contributed by atoms with Gasteiger partial charge < -0.3 is 14.2 Å². The molecule has 11 heteroatoms. The summed E-state index contributed by atoms with van der Waals surface area (Å²) in [5.41, 5.74) is 2.25. The number of carbonyl (C=O) groups excluding carboxylic acids is 2. The molecule has 1 amide bonds. The number of nitrogens with one attached hydrogen (secondary N) is 1. The molecule has 0 saturated carbocycles. The molecule has 0 radical (unpaired) electrons. The molecule has 2 heterocycles. The Balaban J connectivity index is 1.57. The van der Waals surface area contributed by atoms with Gasteiger partial charge in [-0.15, -0.1) is 5.10 Å². The number of halogens is 1. The third-order valence-electron chi connectivity index (χ3n) is 5.00. The van der Waals surface area contributed by atoms with Gasteiger partial charge in [-0.2, -0.15) is 0 Å². The number of carbonyl (C=O) groups is 2. The van der Waals surface area contributed by atoms with E-state index in [2.05, 4.69) is 20.5 Å². The van der Waals surface area contributed by atoms with E-state index in [1.54, 1.807) is 44.2 Å². The lowest BCUT2D eigenvalue weighted by Gasteiger charge is -2.14. The second kappa shape index (κ2) is 11.8. The van der Waals surface area contributed by atoms with Gasteiger partial charge in [0.2, 0.25) is 5.13 Å². The summed E-state index contributed by atoms with van der Waals surface area (Å²) in [7, 11) is 1.53. The quantitative estimate of drug-likeness (QED) is 0.272. The van der Waals surface area contributed by atoms with Gasteiger partial charge in [-0.3, -0.25) is 10.1 Å². The zero-order valence-electron chi connectivity index (χ0n) is 20.2. The number of methoxy groups -OCH3 is 1. The average Bonchev–Trinajstić information content (AvgIpc) is 3.34. The molecule has 2 aromatic heterocycles. The summed E-state index contributed by atoms with van der Waals surface area (Å²) in [5.74, 6) is -0.554. The molecule has 190 valence electrons. The summed E-state index contributed by atoms with van der Waals surface area (Å²) in [6, 6.07) is 15.9. The van der Waals surface area contributed by atoms with E-state index in [1.807, 2.05) is 18.2 Å². The van der Waals surface area contributed by atoms with Crippen LogP contribution >= 0.6 is 22.9 Å². The molecule has 0 aliphatic carbocycles. The lowest BCUT2D eigenvalue weighted by molar-refractivity contribution is 0.0370. The predicted octanol–water partition coefficient (Wildman–Crippen LogP) is 5.66. The van der Waals surface area contributed by atoms with Crippen molar-refractivity contribution in [3.63, 3.8) is 0 Å². The Hall–Kier alpha value is -4.02. The van der Waals surface area contributed by atoms with Crippen molar-refractivity contribution in [2.75, 3.05) is 12.4 Å². The van der Waals surface area contributed by atoms with Crippen LogP contribution in [0.2, 0.25) is 5.02 Å². The van der Waals surface area contributed by atoms with Gasteiger partial charge in [-0.25, -0.2) is 9.78 Å². The number of benzene rings is 2. The van der Waals surface area contributed by atoms with Crippen LogP contribution in [0, 0.1) is 0 Å². The minimum atomic E-state index is -0.593. The van der Waals surface area contributed by atoms with Gasteiger partial charge in [0.05, 0.1) is 18.8 Å². The SMILES string of the molecule is COc1ccccc1-c1cc(C(=O)OC(C)C)ncc1C(=O)Nc1nnc(OCc2ccc(Cl)cc2)s1. The van der Waals surface area contributed by atoms with Crippen molar-refractivity contribution in [2.45, 2.75) is 26.6 Å². The number of hydrogen-bond acceptors (Lipinski definition) is 9. The number of anilines is 1. The van der Waals surface area contributed by atoms with Crippen LogP contribution in [-0.2, 0) is 11.3 Å². The summed E-state index contributed by atoms with van der Waals surface area (Å²) in [5, 5.41) is 11.9. The number of aromatic nitrogens is 3. The minimum absolute atomic E-state index is 0.0694. The van der Waals surface area contributed by atoms with E-state index in [0.29, 0.717) is 27.1 Å². The molecule has 37 heavy (non-hydrogen) atoms. The Kier molecular flexibility index (Phi) is 8.32. The maximum Gasteiger partial charge on any atom is 0.357 e. The van der Waals surface area contributed by atoms with Gasteiger partial charge in [-0.05, 0) is 55.0 Å². The number of hydrogen-bond donors (Lipinski definition) is 1. The van der Waals surface area contributed by atoms with Crippen LogP contribution in [0.25, 0.3) is 11.1 Å². The Morgan fingerprint density at radius 1 is 1.05 bits per heavy atom. The molecule has 0 unspecified atom stereocenters. The molecule has 9 nitrogen and oxygen atoms in total. The molecule has 0 spiro atoms. The molecule has 4 aromatic rings. The van der Waals surface area contributed by atoms with Crippen molar-refractivity contribution < 1.29 is 23.8 Å². The molecule has 0 atom stereocenters. The fourth-order valence-electron chi connectivity index (χ4n) is 3.32. The van der Waals surface area contributed by atoms with Gasteiger partial charge >= 0.3 is 5.97 Å². The van der Waals surface area contributed by atoms with Crippen LogP contribution in [0.15, 0.2) is 60.8 Å². The predicted molar refractivity (Wildman–Crippen MR) is 140 cm³/mol. The number of rotatable bonds is 9. The lowest BCUT2D eigenvalue weighted by Crippen LogP contribution is -2.17. The molecular formula is C26H23ClN4O5S.